The Kier molecular flexibility index (Phi) is 16.5. The third-order valence-corrected chi connectivity index (χ3v) is 8.68. The van der Waals surface area contributed by atoms with Gasteiger partial charge in [-0.2, -0.15) is 12.1 Å². The van der Waals surface area contributed by atoms with E-state index in [-0.39, 0.29) is 39.7 Å². The molecular formula is C44H44Cl2N2SiZr-4. The van der Waals surface area contributed by atoms with E-state index in [0.717, 1.165) is 11.0 Å². The third-order valence-electron chi connectivity index (χ3n) is 8.68. The fourth-order valence-electron chi connectivity index (χ4n) is 6.14. The van der Waals surface area contributed by atoms with Gasteiger partial charge in [0.05, 0.1) is 11.0 Å². The zero-order valence-corrected chi connectivity index (χ0v) is 34.7. The molecule has 0 spiro atoms. The van der Waals surface area contributed by atoms with Gasteiger partial charge in [0, 0.05) is 23.2 Å². The maximum atomic E-state index is 4.57. The van der Waals surface area contributed by atoms with E-state index in [1.54, 1.807) is 0 Å². The number of hydrogen-bond acceptors (Lipinski definition) is 2. The molecule has 2 radical (unpaired) electrons. The third kappa shape index (κ3) is 9.09. The average Bonchev–Trinajstić information content (AvgIpc) is 3.73. The molecule has 6 aromatic carbocycles. The van der Waals surface area contributed by atoms with Crippen molar-refractivity contribution in [3.63, 3.8) is 0 Å². The van der Waals surface area contributed by atoms with Crippen LogP contribution in [-0.4, -0.2) is 16.8 Å². The molecule has 0 N–H and O–H groups in total. The molecule has 0 aliphatic rings. The molecule has 2 nitrogen and oxygen atoms in total. The first-order valence-corrected chi connectivity index (χ1v) is 20.0. The summed E-state index contributed by atoms with van der Waals surface area (Å²) in [6.07, 6.45) is 3.73. The second kappa shape index (κ2) is 19.3. The molecule has 0 saturated carbocycles. The van der Waals surface area contributed by atoms with Crippen LogP contribution < -0.4 is 0 Å². The second-order valence-electron chi connectivity index (χ2n) is 12.3. The zero-order valence-electron chi connectivity index (χ0n) is 29.6. The van der Waals surface area contributed by atoms with Crippen LogP contribution in [0.1, 0.15) is 50.7 Å². The summed E-state index contributed by atoms with van der Waals surface area (Å²) in [7, 11) is 0. The Bertz CT molecular complexity index is 2110. The van der Waals surface area contributed by atoms with Gasteiger partial charge in [-0.05, 0) is 35.1 Å². The molecule has 256 valence electrons. The van der Waals surface area contributed by atoms with Crippen molar-refractivity contribution in [1.29, 1.82) is 0 Å². The number of nitrogens with zero attached hydrogens (tertiary/aromatic N) is 2. The molecular weight excluding hydrogens is 747 g/mol. The molecule has 6 heteroatoms. The van der Waals surface area contributed by atoms with Crippen molar-refractivity contribution < 1.29 is 23.3 Å². The molecule has 0 atom stereocenters. The zero-order chi connectivity index (χ0) is 32.2. The van der Waals surface area contributed by atoms with E-state index in [4.69, 9.17) is 0 Å². The van der Waals surface area contributed by atoms with Gasteiger partial charge in [-0.1, -0.05) is 99.5 Å². The predicted octanol–water partition coefficient (Wildman–Crippen LogP) is 13.2. The van der Waals surface area contributed by atoms with E-state index >= 15 is 0 Å². The van der Waals surface area contributed by atoms with Gasteiger partial charge in [-0.25, -0.2) is 0 Å². The molecule has 2 heterocycles. The molecule has 0 saturated heterocycles. The van der Waals surface area contributed by atoms with E-state index in [0.29, 0.717) is 11.8 Å². The van der Waals surface area contributed by atoms with Crippen molar-refractivity contribution in [3.05, 3.63) is 160 Å². The van der Waals surface area contributed by atoms with Crippen molar-refractivity contribution in [3.8, 4) is 22.3 Å². The summed E-state index contributed by atoms with van der Waals surface area (Å²) in [5.74, 6) is 1.13. The topological polar surface area (TPSA) is 25.8 Å². The van der Waals surface area contributed by atoms with Crippen LogP contribution in [0.25, 0.3) is 65.6 Å². The van der Waals surface area contributed by atoms with Crippen LogP contribution in [0.3, 0.4) is 0 Å². The van der Waals surface area contributed by atoms with Crippen LogP contribution in [0.4, 0.5) is 0 Å². The van der Waals surface area contributed by atoms with E-state index in [9.17, 15) is 0 Å². The fraction of sp³-hybridized carbons (Fsp3) is 0.136. The second-order valence-corrected chi connectivity index (χ2v) is 12.3. The summed E-state index contributed by atoms with van der Waals surface area (Å²) in [5.41, 5.74) is 9.82. The summed E-state index contributed by atoms with van der Waals surface area (Å²) < 4.78 is 0. The summed E-state index contributed by atoms with van der Waals surface area (Å²) in [5, 5.41) is 7.64. The fourth-order valence-corrected chi connectivity index (χ4v) is 6.14. The van der Waals surface area contributed by atoms with Gasteiger partial charge >= 0.3 is 30.2 Å². The first kappa shape index (κ1) is 42.8. The SMILES string of the molecule is CC(C)c1cc2ccc(-c3cccc4cccnc34)cc2[cH-]1.CC(C)c1cc2ccc(-c3cccc4cccnc34)cc2[cH-]1.Cl.Cl.[CH3-].[CH3-].[Si]=[Zr]. The minimum atomic E-state index is 0. The van der Waals surface area contributed by atoms with Crippen molar-refractivity contribution >= 4 is 75.0 Å². The minimum absolute atomic E-state index is 0. The van der Waals surface area contributed by atoms with Crippen molar-refractivity contribution in [2.24, 2.45) is 0 Å². The monoisotopic (exact) mass is 788 g/mol. The Balaban J connectivity index is 0.000000307. The Morgan fingerprint density at radius 2 is 0.880 bits per heavy atom. The van der Waals surface area contributed by atoms with Gasteiger partial charge in [0.25, 0.3) is 0 Å². The van der Waals surface area contributed by atoms with Crippen molar-refractivity contribution in [2.45, 2.75) is 39.5 Å². The molecule has 0 fully saturated rings. The number of para-hydroxylation sites is 2. The van der Waals surface area contributed by atoms with Gasteiger partial charge < -0.3 is 14.9 Å². The number of rotatable bonds is 4. The molecule has 8 aromatic rings. The van der Waals surface area contributed by atoms with Crippen molar-refractivity contribution in [1.82, 2.24) is 9.97 Å². The summed E-state index contributed by atoms with van der Waals surface area (Å²) in [6, 6.07) is 43.6. The summed E-state index contributed by atoms with van der Waals surface area (Å²) in [4.78, 5) is 9.14. The van der Waals surface area contributed by atoms with Crippen LogP contribution in [0, 0.1) is 14.9 Å². The number of aromatic nitrogens is 2. The van der Waals surface area contributed by atoms with Gasteiger partial charge in [0.1, 0.15) is 0 Å². The first-order valence-electron chi connectivity index (χ1n) is 15.8. The standard InChI is InChI=1S/2C21H18N.2CH3.2ClH.Si.Zr/c2*1-14(2)18-11-16-8-9-17(12-19(16)13-18)20-7-3-5-15-6-4-10-22-21(15)20;;;;;;/h2*3-14H,1-2H3;2*1H3;2*1H;;/q4*-1;;;;. The van der Waals surface area contributed by atoms with Crippen LogP contribution in [0.5, 0.6) is 0 Å². The summed E-state index contributed by atoms with van der Waals surface area (Å²) >= 11 is 1.36. The van der Waals surface area contributed by atoms with Gasteiger partial charge in [0.15, 0.2) is 0 Å². The summed E-state index contributed by atoms with van der Waals surface area (Å²) in [6.45, 7) is 12.0. The Morgan fingerprint density at radius 1 is 0.500 bits per heavy atom. The molecule has 0 aliphatic heterocycles. The Hall–Kier alpha value is -3.40. The first-order chi connectivity index (χ1) is 22.4. The van der Waals surface area contributed by atoms with Crippen LogP contribution in [0.2, 0.25) is 0 Å². The molecule has 8 rings (SSSR count). The Labute approximate surface area is 327 Å². The number of fused-ring (bicyclic) bond motifs is 4. The normalized spacial score (nSPS) is 10.3. The predicted molar refractivity (Wildman–Crippen MR) is 222 cm³/mol. The number of benzene rings is 4. The van der Waals surface area contributed by atoms with E-state index in [1.807, 2.05) is 24.5 Å². The van der Waals surface area contributed by atoms with Gasteiger partial charge in [-0.3, -0.25) is 9.97 Å². The van der Waals surface area contributed by atoms with E-state index < -0.39 is 0 Å². The van der Waals surface area contributed by atoms with Crippen LogP contribution >= 0.6 is 24.8 Å². The quantitative estimate of drug-likeness (QED) is 0.131. The molecule has 50 heavy (non-hydrogen) atoms. The number of hydrogen-bond donors (Lipinski definition) is 0. The van der Waals surface area contributed by atoms with Crippen LogP contribution in [0.15, 0.2) is 134 Å². The molecule has 0 amide bonds. The number of halogens is 2. The molecule has 0 aliphatic carbocycles. The van der Waals surface area contributed by atoms with Gasteiger partial charge in [0.2, 0.25) is 0 Å². The van der Waals surface area contributed by atoms with E-state index in [1.165, 1.54) is 89.0 Å². The molecule has 2 aromatic heterocycles. The van der Waals surface area contributed by atoms with Crippen LogP contribution in [-0.2, 0) is 23.3 Å². The van der Waals surface area contributed by atoms with Crippen molar-refractivity contribution in [2.75, 3.05) is 0 Å². The molecule has 0 bridgehead atoms. The number of pyridine rings is 2. The average molecular weight is 791 g/mol. The molecule has 0 unspecified atom stereocenters. The van der Waals surface area contributed by atoms with Gasteiger partial charge in [-0.15, -0.1) is 93.9 Å². The maximum absolute atomic E-state index is 4.57. The van der Waals surface area contributed by atoms with E-state index in [2.05, 4.69) is 154 Å². The Morgan fingerprint density at radius 3 is 1.26 bits per heavy atom.